The summed E-state index contributed by atoms with van der Waals surface area (Å²) in [5.41, 5.74) is 2.17. The Balaban J connectivity index is 0.879. The maximum Gasteiger partial charge on any atom is 0.338 e. The van der Waals surface area contributed by atoms with Crippen LogP contribution in [0, 0.1) is 0 Å². The number of carbonyl (C=O) groups excluding carboxylic acids is 6. The van der Waals surface area contributed by atoms with E-state index in [2.05, 4.69) is 13.2 Å². The summed E-state index contributed by atoms with van der Waals surface area (Å²) in [6, 6.07) is 25.7. The van der Waals surface area contributed by atoms with Crippen molar-refractivity contribution in [1.29, 1.82) is 0 Å². The fourth-order valence-electron chi connectivity index (χ4n) is 6.15. The molecule has 6 rings (SSSR count). The fourth-order valence-corrected chi connectivity index (χ4v) is 6.15. The lowest BCUT2D eigenvalue weighted by atomic mass is 10.1. The number of hydrogen-bond donors (Lipinski definition) is 0. The van der Waals surface area contributed by atoms with Crippen LogP contribution in [0.5, 0.6) is 23.0 Å². The van der Waals surface area contributed by atoms with E-state index >= 15 is 0 Å². The minimum Gasteiger partial charge on any atom is -0.457 e. The average molecular weight is 851 g/mol. The van der Waals surface area contributed by atoms with Crippen LogP contribution in [0.25, 0.3) is 0 Å². The Morgan fingerprint density at radius 2 is 0.871 bits per heavy atom. The van der Waals surface area contributed by atoms with Gasteiger partial charge in [-0.25, -0.2) is 19.2 Å². The SMILES string of the molecule is C=CC(=O)OCOc1ccc(CCC(=O)Oc2ccc(C(=O)OC3COC4C(OC(=O)c5ccc(OC(=O)CCc6ccc(OCOC(=O)C=C)cc6)cc5)COC34)cc2)cc1. The van der Waals surface area contributed by atoms with E-state index < -0.39 is 60.2 Å². The van der Waals surface area contributed by atoms with Gasteiger partial charge in [-0.15, -0.1) is 0 Å². The number of ether oxygens (including phenoxy) is 10. The zero-order valence-electron chi connectivity index (χ0n) is 33.3. The van der Waals surface area contributed by atoms with Crippen LogP contribution in [0.1, 0.15) is 44.7 Å². The Kier molecular flexibility index (Phi) is 15.6. The molecule has 0 saturated carbocycles. The second-order valence-electron chi connectivity index (χ2n) is 13.6. The Labute approximate surface area is 355 Å². The van der Waals surface area contributed by atoms with Crippen LogP contribution in [0.4, 0.5) is 0 Å². The molecule has 4 atom stereocenters. The predicted molar refractivity (Wildman–Crippen MR) is 215 cm³/mol. The van der Waals surface area contributed by atoms with Crippen LogP contribution in [0.15, 0.2) is 122 Å². The van der Waals surface area contributed by atoms with Gasteiger partial charge in [-0.1, -0.05) is 37.4 Å². The third kappa shape index (κ3) is 12.8. The topological polar surface area (TPSA) is 195 Å². The molecule has 0 spiro atoms. The molecule has 0 N–H and O–H groups in total. The second-order valence-corrected chi connectivity index (χ2v) is 13.6. The predicted octanol–water partition coefficient (Wildman–Crippen LogP) is 5.44. The number of fused-ring (bicyclic) bond motifs is 1. The number of aryl methyl sites for hydroxylation is 2. The van der Waals surface area contributed by atoms with Gasteiger partial charge in [0, 0.05) is 25.0 Å². The van der Waals surface area contributed by atoms with Crippen LogP contribution in [0.2, 0.25) is 0 Å². The van der Waals surface area contributed by atoms with Gasteiger partial charge in [0.25, 0.3) is 0 Å². The molecule has 2 heterocycles. The number of carbonyl (C=O) groups is 6. The lowest BCUT2D eigenvalue weighted by Crippen LogP contribution is -2.36. The molecule has 16 heteroatoms. The highest BCUT2D eigenvalue weighted by molar-refractivity contribution is 5.90. The Hall–Kier alpha value is -7.30. The van der Waals surface area contributed by atoms with Crippen molar-refractivity contribution in [3.63, 3.8) is 0 Å². The normalized spacial score (nSPS) is 17.4. The molecule has 0 aromatic heterocycles. The third-order valence-corrected chi connectivity index (χ3v) is 9.39. The van der Waals surface area contributed by atoms with E-state index in [0.29, 0.717) is 24.3 Å². The van der Waals surface area contributed by atoms with Crippen molar-refractivity contribution in [1.82, 2.24) is 0 Å². The molecule has 4 aromatic rings. The maximum atomic E-state index is 13.0. The van der Waals surface area contributed by atoms with Gasteiger partial charge in [0.1, 0.15) is 35.2 Å². The van der Waals surface area contributed by atoms with Crippen LogP contribution in [0.3, 0.4) is 0 Å². The second kappa shape index (κ2) is 21.8. The Bertz CT molecular complexity index is 2060. The maximum absolute atomic E-state index is 13.0. The third-order valence-electron chi connectivity index (χ3n) is 9.39. The lowest BCUT2D eigenvalue weighted by Gasteiger charge is -2.17. The molecule has 62 heavy (non-hydrogen) atoms. The molecule has 16 nitrogen and oxygen atoms in total. The highest BCUT2D eigenvalue weighted by Gasteiger charge is 2.51. The molecular formula is C46H42O16. The lowest BCUT2D eigenvalue weighted by molar-refractivity contribution is -0.145. The van der Waals surface area contributed by atoms with Gasteiger partial charge in [0.05, 0.1) is 24.3 Å². The minimum atomic E-state index is -0.757. The number of rotatable bonds is 20. The summed E-state index contributed by atoms with van der Waals surface area (Å²) in [5.74, 6) is -1.91. The molecule has 0 radical (unpaired) electrons. The quantitative estimate of drug-likeness (QED) is 0.0358. The zero-order valence-corrected chi connectivity index (χ0v) is 33.3. The molecule has 0 aliphatic carbocycles. The Morgan fingerprint density at radius 1 is 0.516 bits per heavy atom. The molecule has 0 amide bonds. The first-order valence-corrected chi connectivity index (χ1v) is 19.4. The summed E-state index contributed by atoms with van der Waals surface area (Å²) < 4.78 is 54.1. The highest BCUT2D eigenvalue weighted by Crippen LogP contribution is 2.32. The van der Waals surface area contributed by atoms with E-state index in [1.165, 1.54) is 48.5 Å². The van der Waals surface area contributed by atoms with Gasteiger partial charge in [-0.05, 0) is 96.8 Å². The first-order valence-electron chi connectivity index (χ1n) is 19.4. The molecule has 2 saturated heterocycles. The van der Waals surface area contributed by atoms with Gasteiger partial charge >= 0.3 is 35.8 Å². The number of esters is 6. The first kappa shape index (κ1) is 44.3. The molecule has 322 valence electrons. The van der Waals surface area contributed by atoms with Gasteiger partial charge in [-0.3, -0.25) is 9.59 Å². The molecule has 4 unspecified atom stereocenters. The van der Waals surface area contributed by atoms with Crippen molar-refractivity contribution in [3.8, 4) is 23.0 Å². The fraction of sp³-hybridized carbons (Fsp3) is 0.261. The molecule has 2 aliphatic heterocycles. The van der Waals surface area contributed by atoms with Gasteiger partial charge in [0.2, 0.25) is 13.6 Å². The van der Waals surface area contributed by atoms with Crippen molar-refractivity contribution >= 4 is 35.8 Å². The largest absolute Gasteiger partial charge is 0.457 e. The molecular weight excluding hydrogens is 808 g/mol. The summed E-state index contributed by atoms with van der Waals surface area (Å²) in [5, 5.41) is 0. The number of hydrogen-bond acceptors (Lipinski definition) is 16. The van der Waals surface area contributed by atoms with Gasteiger partial charge in [-0.2, -0.15) is 0 Å². The zero-order chi connectivity index (χ0) is 43.8. The minimum absolute atomic E-state index is 0.0283. The van der Waals surface area contributed by atoms with Gasteiger partial charge < -0.3 is 47.4 Å². The molecule has 4 aromatic carbocycles. The van der Waals surface area contributed by atoms with Crippen molar-refractivity contribution in [2.45, 2.75) is 50.1 Å². The average Bonchev–Trinajstić information content (AvgIpc) is 3.88. The Morgan fingerprint density at radius 3 is 1.23 bits per heavy atom. The monoisotopic (exact) mass is 850 g/mol. The van der Waals surface area contributed by atoms with Crippen LogP contribution in [-0.4, -0.2) is 87.0 Å². The first-order chi connectivity index (χ1) is 30.1. The van der Waals surface area contributed by atoms with E-state index in [0.717, 1.165) is 23.3 Å². The van der Waals surface area contributed by atoms with Crippen LogP contribution in [-0.2, 0) is 60.4 Å². The van der Waals surface area contributed by atoms with Gasteiger partial charge in [0.15, 0.2) is 12.2 Å². The van der Waals surface area contributed by atoms with Crippen molar-refractivity contribution in [3.05, 3.63) is 145 Å². The summed E-state index contributed by atoms with van der Waals surface area (Å²) in [6.45, 7) is 6.18. The van der Waals surface area contributed by atoms with Crippen LogP contribution >= 0.6 is 0 Å². The van der Waals surface area contributed by atoms with Crippen molar-refractivity contribution in [2.24, 2.45) is 0 Å². The highest BCUT2D eigenvalue weighted by atomic mass is 16.7. The smallest absolute Gasteiger partial charge is 0.338 e. The van der Waals surface area contributed by atoms with E-state index in [-0.39, 0.29) is 62.3 Å². The van der Waals surface area contributed by atoms with E-state index in [1.807, 2.05) is 0 Å². The van der Waals surface area contributed by atoms with Crippen molar-refractivity contribution in [2.75, 3.05) is 26.8 Å². The molecule has 0 bridgehead atoms. The van der Waals surface area contributed by atoms with Crippen molar-refractivity contribution < 1.29 is 76.1 Å². The summed E-state index contributed by atoms with van der Waals surface area (Å²) >= 11 is 0. The standard InChI is InChI=1S/C46H42O16/c1-3-39(47)57-27-55-33-15-5-29(6-16-33)9-23-41(49)59-35-19-11-31(12-20-35)45(51)61-37-25-53-44-38(26-54-43(37)44)62-46(52)32-13-21-36(22-14-32)60-42(50)24-10-30-7-17-34(18-8-30)56-28-58-40(48)4-2/h3-8,11-22,37-38,43-44H,1-2,9-10,23-28H2. The molecule has 2 aliphatic rings. The summed E-state index contributed by atoms with van der Waals surface area (Å²) in [6.07, 6.45) is 0.258. The van der Waals surface area contributed by atoms with E-state index in [9.17, 15) is 28.8 Å². The van der Waals surface area contributed by atoms with E-state index in [4.69, 9.17) is 47.4 Å². The summed E-state index contributed by atoms with van der Waals surface area (Å²) in [7, 11) is 0. The number of benzene rings is 4. The molecule has 2 fully saturated rings. The summed E-state index contributed by atoms with van der Waals surface area (Å²) in [4.78, 5) is 73.2. The van der Waals surface area contributed by atoms with E-state index in [1.54, 1.807) is 48.5 Å². The van der Waals surface area contributed by atoms with Crippen LogP contribution < -0.4 is 18.9 Å².